The number of fused-ring (bicyclic) bond motifs is 2. The molecular formula is C53H54Cl2N8O5S. The molecule has 5 aromatic carbocycles. The number of aromatic nitrogens is 7. The fourth-order valence-corrected chi connectivity index (χ4v) is 9.96. The molecule has 69 heavy (non-hydrogen) atoms. The van der Waals surface area contributed by atoms with Crippen LogP contribution in [0.1, 0.15) is 87.9 Å². The number of ether oxygens (including phenoxy) is 1. The Bertz CT molecular complexity index is 3380. The van der Waals surface area contributed by atoms with Crippen molar-refractivity contribution < 1.29 is 23.0 Å². The number of aromatic amines is 2. The summed E-state index contributed by atoms with van der Waals surface area (Å²) < 4.78 is 28.1. The highest BCUT2D eigenvalue weighted by Gasteiger charge is 2.25. The van der Waals surface area contributed by atoms with Crippen LogP contribution < -0.4 is 14.2 Å². The van der Waals surface area contributed by atoms with Crippen molar-refractivity contribution >= 4 is 57.2 Å². The Kier molecular flexibility index (Phi) is 14.4. The van der Waals surface area contributed by atoms with Gasteiger partial charge in [-0.2, -0.15) is 0 Å². The zero-order valence-corrected chi connectivity index (χ0v) is 42.2. The quantitative estimate of drug-likeness (QED) is 0.0887. The highest BCUT2D eigenvalue weighted by molar-refractivity contribution is 7.80. The van der Waals surface area contributed by atoms with Crippen LogP contribution in [-0.2, 0) is 22.3 Å². The molecule has 4 N–H and O–H groups in total. The molecule has 356 valence electrons. The molecule has 0 aliphatic carbocycles. The number of halogens is 2. The van der Waals surface area contributed by atoms with E-state index in [1.54, 1.807) is 12.1 Å². The summed E-state index contributed by atoms with van der Waals surface area (Å²) in [4.78, 5) is 18.6. The molecule has 3 unspecified atom stereocenters. The van der Waals surface area contributed by atoms with Gasteiger partial charge < -0.3 is 19.3 Å². The summed E-state index contributed by atoms with van der Waals surface area (Å²) in [6.45, 7) is 18.1. The molecule has 1 amide bonds. The van der Waals surface area contributed by atoms with E-state index in [0.717, 1.165) is 90.9 Å². The van der Waals surface area contributed by atoms with Crippen LogP contribution in [0.4, 0.5) is 5.69 Å². The Morgan fingerprint density at radius 1 is 0.812 bits per heavy atom. The second-order valence-electron chi connectivity index (χ2n) is 17.4. The maximum Gasteiger partial charge on any atom is 0.265 e. The first-order valence-corrected chi connectivity index (χ1v) is 24.4. The van der Waals surface area contributed by atoms with Crippen LogP contribution in [0.2, 0.25) is 10.0 Å². The van der Waals surface area contributed by atoms with Crippen molar-refractivity contribution in [1.82, 2.24) is 34.4 Å². The predicted octanol–water partition coefficient (Wildman–Crippen LogP) is 12.2. The fraction of sp³-hybridized carbons (Fsp3) is 0.245. The first kappa shape index (κ1) is 48.6. The smallest absolute Gasteiger partial charge is 0.265 e. The van der Waals surface area contributed by atoms with Gasteiger partial charge in [0.1, 0.15) is 17.2 Å². The van der Waals surface area contributed by atoms with Crippen molar-refractivity contribution in [1.29, 1.82) is 0 Å². The monoisotopic (exact) mass is 984 g/mol. The number of carbonyl (C=O) groups excluding carboxylic acids is 1. The Balaban J connectivity index is 0.000000192. The number of hydrogen-bond donors (Lipinski definition) is 4. The SMILES string of the molecule is CCC(Oc1ccc(C)cc1C)C(=O)Nc1c(C)cc(C)c(-c2nnc3cc(Cc4ccccc4)[nH]n23)c1C.Cc1cc2nc(C(C)c3ccc(S(=O)Oc4ccc(O)c(Cl)c4)cc3Cl)c(C)n2[nH]1. The summed E-state index contributed by atoms with van der Waals surface area (Å²) in [5, 5.41) is 28.9. The molecule has 0 bridgehead atoms. The van der Waals surface area contributed by atoms with E-state index < -0.39 is 17.2 Å². The van der Waals surface area contributed by atoms with Gasteiger partial charge in [-0.15, -0.1) is 10.2 Å². The van der Waals surface area contributed by atoms with Gasteiger partial charge in [0, 0.05) is 58.2 Å². The van der Waals surface area contributed by atoms with Crippen LogP contribution in [0, 0.1) is 48.5 Å². The van der Waals surface area contributed by atoms with E-state index in [2.05, 4.69) is 56.9 Å². The second kappa shape index (κ2) is 20.4. The summed E-state index contributed by atoms with van der Waals surface area (Å²) in [7, 11) is 0. The fourth-order valence-electron chi connectivity index (χ4n) is 8.61. The molecular weight excluding hydrogens is 932 g/mol. The number of H-pyrrole nitrogens is 2. The van der Waals surface area contributed by atoms with Crippen LogP contribution in [0.15, 0.2) is 108 Å². The van der Waals surface area contributed by atoms with Gasteiger partial charge in [-0.3, -0.25) is 15.0 Å². The van der Waals surface area contributed by atoms with Crippen molar-refractivity contribution in [2.75, 3.05) is 5.32 Å². The van der Waals surface area contributed by atoms with E-state index >= 15 is 0 Å². The van der Waals surface area contributed by atoms with Crippen molar-refractivity contribution in [2.45, 2.75) is 92.1 Å². The molecule has 9 rings (SSSR count). The average molecular weight is 986 g/mol. The minimum atomic E-state index is -1.79. The van der Waals surface area contributed by atoms with Gasteiger partial charge in [-0.1, -0.05) is 97.2 Å². The first-order chi connectivity index (χ1) is 33.0. The Morgan fingerprint density at radius 2 is 1.58 bits per heavy atom. The lowest BCUT2D eigenvalue weighted by Crippen LogP contribution is -2.33. The summed E-state index contributed by atoms with van der Waals surface area (Å²) >= 11 is 10.6. The number of imidazole rings is 1. The van der Waals surface area contributed by atoms with Crippen LogP contribution in [0.3, 0.4) is 0 Å². The van der Waals surface area contributed by atoms with Gasteiger partial charge in [0.25, 0.3) is 5.91 Å². The summed E-state index contributed by atoms with van der Waals surface area (Å²) in [5.41, 5.74) is 14.6. The van der Waals surface area contributed by atoms with Crippen LogP contribution >= 0.6 is 23.2 Å². The van der Waals surface area contributed by atoms with Crippen LogP contribution in [-0.4, -0.2) is 55.7 Å². The molecule has 9 aromatic rings. The van der Waals surface area contributed by atoms with E-state index in [9.17, 15) is 14.1 Å². The number of rotatable bonds is 13. The van der Waals surface area contributed by atoms with Gasteiger partial charge in [-0.05, 0) is 119 Å². The van der Waals surface area contributed by atoms with E-state index in [4.69, 9.17) is 37.1 Å². The van der Waals surface area contributed by atoms with E-state index in [0.29, 0.717) is 22.2 Å². The second-order valence-corrected chi connectivity index (χ2v) is 19.3. The number of hydrogen-bond acceptors (Lipinski definition) is 8. The highest BCUT2D eigenvalue weighted by Crippen LogP contribution is 2.36. The number of phenols is 1. The normalized spacial score (nSPS) is 12.7. The lowest BCUT2D eigenvalue weighted by atomic mass is 9.96. The van der Waals surface area contributed by atoms with Crippen LogP contribution in [0.25, 0.3) is 22.7 Å². The molecule has 4 aromatic heterocycles. The predicted molar refractivity (Wildman–Crippen MR) is 274 cm³/mol. The topological polar surface area (TPSA) is 164 Å². The Labute approximate surface area is 413 Å². The minimum absolute atomic E-state index is 0.0505. The van der Waals surface area contributed by atoms with E-state index in [1.807, 2.05) is 113 Å². The van der Waals surface area contributed by atoms with Gasteiger partial charge in [0.15, 0.2) is 23.2 Å². The first-order valence-electron chi connectivity index (χ1n) is 22.5. The number of anilines is 1. The molecule has 0 spiro atoms. The third kappa shape index (κ3) is 10.4. The number of aryl methyl sites for hydroxylation is 6. The van der Waals surface area contributed by atoms with Crippen molar-refractivity contribution in [3.8, 4) is 28.6 Å². The number of nitrogens with zero attached hydrogens (tertiary/aromatic N) is 5. The van der Waals surface area contributed by atoms with Crippen molar-refractivity contribution in [3.63, 3.8) is 0 Å². The van der Waals surface area contributed by atoms with Crippen LogP contribution in [0.5, 0.6) is 17.2 Å². The number of amides is 1. The third-order valence-corrected chi connectivity index (χ3v) is 13.7. The number of carbonyl (C=O) groups is 1. The zero-order valence-electron chi connectivity index (χ0n) is 39.9. The molecule has 4 heterocycles. The largest absolute Gasteiger partial charge is 0.506 e. The maximum absolute atomic E-state index is 13.4. The van der Waals surface area contributed by atoms with Gasteiger partial charge in [0.2, 0.25) is 11.1 Å². The molecule has 0 saturated carbocycles. The van der Waals surface area contributed by atoms with E-state index in [-0.39, 0.29) is 28.3 Å². The highest BCUT2D eigenvalue weighted by atomic mass is 35.5. The summed E-state index contributed by atoms with van der Waals surface area (Å²) in [5.74, 6) is 1.43. The number of aromatic hydroxyl groups is 1. The van der Waals surface area contributed by atoms with Gasteiger partial charge >= 0.3 is 0 Å². The molecule has 0 fully saturated rings. The molecule has 0 saturated heterocycles. The summed E-state index contributed by atoms with van der Waals surface area (Å²) in [6, 6.07) is 31.9. The minimum Gasteiger partial charge on any atom is -0.506 e. The summed E-state index contributed by atoms with van der Waals surface area (Å²) in [6.07, 6.45) is 0.710. The molecule has 16 heteroatoms. The Morgan fingerprint density at radius 3 is 2.28 bits per heavy atom. The van der Waals surface area contributed by atoms with Gasteiger partial charge in [-0.25, -0.2) is 18.2 Å². The molecule has 13 nitrogen and oxygen atoms in total. The standard InChI is InChI=1S/C32H35N5O2.C21H19Cl2N3O3S/c1-7-26(39-27-14-13-19(2)15-20(27)3)32(38)33-30-22(5)16-21(4)29(23(30)6)31-35-34-28-18-25(36-37(28)31)17-24-11-9-8-10-12-24;1-11-8-20-24-21(13(3)26(20)25-11)12(2)16-6-5-15(10-17(16)22)30(28)29-14-4-7-19(27)18(23)9-14/h8-16,18,26,36H,7,17H2,1-6H3,(H,33,38);4-10,12,25,27H,1-3H3. The Hall–Kier alpha value is -6.87. The number of benzene rings is 5. The maximum atomic E-state index is 13.4. The molecule has 0 radical (unpaired) electrons. The van der Waals surface area contributed by atoms with Gasteiger partial charge in [0.05, 0.1) is 21.3 Å². The average Bonchev–Trinajstić information content (AvgIpc) is 4.08. The molecule has 0 aliphatic heterocycles. The van der Waals surface area contributed by atoms with Crippen molar-refractivity contribution in [2.24, 2.45) is 0 Å². The third-order valence-electron chi connectivity index (χ3n) is 12.1. The molecule has 3 atom stereocenters. The lowest BCUT2D eigenvalue weighted by Gasteiger charge is -2.22. The zero-order chi connectivity index (χ0) is 49.3. The lowest BCUT2D eigenvalue weighted by molar-refractivity contribution is -0.122. The van der Waals surface area contributed by atoms with E-state index in [1.165, 1.54) is 23.8 Å². The number of phenolic OH excluding ortho intramolecular Hbond substituents is 1. The number of nitrogens with one attached hydrogen (secondary N) is 3. The van der Waals surface area contributed by atoms with Crippen molar-refractivity contribution in [3.05, 3.63) is 175 Å². The molecule has 0 aliphatic rings.